The second-order valence-corrected chi connectivity index (χ2v) is 17.8. The summed E-state index contributed by atoms with van der Waals surface area (Å²) in [6, 6.07) is 0. The van der Waals surface area contributed by atoms with E-state index in [-0.39, 0.29) is 42.3 Å². The summed E-state index contributed by atoms with van der Waals surface area (Å²) in [6.07, 6.45) is 0. The first kappa shape index (κ1) is 84.0. The van der Waals surface area contributed by atoms with Gasteiger partial charge in [0, 0.05) is 69.0 Å². The predicted molar refractivity (Wildman–Crippen MR) is 123 cm³/mol. The molecule has 0 amide bonds. The molecule has 2 saturated heterocycles. The molecule has 12 N–H and O–H groups in total. The van der Waals surface area contributed by atoms with E-state index in [1.807, 2.05) is 0 Å². The number of rotatable bonds is 0. The normalized spacial score (nSPS) is 14.9. The average molecular weight is 1140 g/mol. The maximum absolute atomic E-state index is 8.49. The molecule has 340 valence electrons. The van der Waals surface area contributed by atoms with Gasteiger partial charge in [0.15, 0.2) is 0 Å². The van der Waals surface area contributed by atoms with Crippen molar-refractivity contribution in [3.8, 4) is 0 Å². The fourth-order valence-electron chi connectivity index (χ4n) is 1.32. The number of thioether (sulfide) groups is 6. The molecule has 28 nitrogen and oxygen atoms in total. The van der Waals surface area contributed by atoms with Crippen LogP contribution in [0.1, 0.15) is 0 Å². The summed E-state index contributed by atoms with van der Waals surface area (Å²) in [7, 11) is -29.7. The smallest absolute Gasteiger partial charge is 0.457 e. The van der Waals surface area contributed by atoms with Crippen molar-refractivity contribution in [3.05, 3.63) is 0 Å². The molecule has 0 saturated carbocycles. The summed E-state index contributed by atoms with van der Waals surface area (Å²) < 4.78 is 204. The SMILES string of the molecule is C1CSCCSCCS1.C1CSCCSCCS1.[O-][Cl+3]([O-])([O-])[O-].[O-][Cl+3]([O-])([O-])[O-].[O-][Cl+3]([O-])([O-])[O-].[O-][Cl+3]([O-])([O-])[O-].[O-][Cl+3]([O-])([O-])[O-].[O-][Cl+3]([O-])([O-])[O-].[OH3+].[OH3+].[OH3+].[OH3+].[Pd+2]. The third-order valence-electron chi connectivity index (χ3n) is 2.23. The fraction of sp³-hybridized carbons (Fsp3) is 1.00. The van der Waals surface area contributed by atoms with Crippen LogP contribution in [0, 0.1) is 61.5 Å². The van der Waals surface area contributed by atoms with E-state index >= 15 is 0 Å². The first-order valence-electron chi connectivity index (χ1n) is 10.2. The molecule has 0 aromatic carbocycles. The molecular weight excluding hydrogens is 1100 g/mol. The van der Waals surface area contributed by atoms with E-state index < -0.39 is 61.5 Å². The average Bonchev–Trinajstić information content (AvgIpc) is 2.99. The molecule has 0 bridgehead atoms. The maximum Gasteiger partial charge on any atom is 2.00 e. The zero-order valence-electron chi connectivity index (χ0n) is 25.6. The third kappa shape index (κ3) is 345. The Hall–Kier alpha value is 3.38. The van der Waals surface area contributed by atoms with Gasteiger partial charge in [-0.1, -0.05) is 0 Å². The van der Waals surface area contributed by atoms with Gasteiger partial charge in [-0.3, -0.25) is 0 Å². The van der Waals surface area contributed by atoms with Gasteiger partial charge in [0.1, 0.15) is 0 Å². The van der Waals surface area contributed by atoms with Crippen LogP contribution in [0.2, 0.25) is 0 Å². The molecule has 0 unspecified atom stereocenters. The van der Waals surface area contributed by atoms with Crippen LogP contribution in [0.15, 0.2) is 0 Å². The minimum Gasteiger partial charge on any atom is -0.457 e. The summed E-state index contributed by atoms with van der Waals surface area (Å²) in [5, 5.41) is 0. The molecule has 2 rings (SSSR count). The van der Waals surface area contributed by atoms with E-state index in [2.05, 4.69) is 70.6 Å². The van der Waals surface area contributed by atoms with E-state index in [0.29, 0.717) is 0 Å². The Kier molecular flexibility index (Phi) is 78.8. The zero-order valence-corrected chi connectivity index (χ0v) is 36.6. The van der Waals surface area contributed by atoms with Crippen molar-refractivity contribution < 1.29 is 216 Å². The van der Waals surface area contributed by atoms with Crippen molar-refractivity contribution in [1.29, 1.82) is 0 Å². The van der Waals surface area contributed by atoms with Gasteiger partial charge in [-0.15, -0.1) is 61.5 Å². The van der Waals surface area contributed by atoms with E-state index in [4.69, 9.17) is 112 Å². The Bertz CT molecular complexity index is 455. The molecule has 53 heavy (non-hydrogen) atoms. The molecule has 2 aliphatic rings. The predicted octanol–water partition coefficient (Wildman–Crippen LogP) is -27.8. The van der Waals surface area contributed by atoms with Crippen molar-refractivity contribution >= 4 is 70.6 Å². The second kappa shape index (κ2) is 49.7. The van der Waals surface area contributed by atoms with Gasteiger partial charge in [-0.25, -0.2) is 112 Å². The van der Waals surface area contributed by atoms with Crippen LogP contribution in [0.5, 0.6) is 0 Å². The Balaban J connectivity index is -0.0000000424. The number of hydrogen-bond acceptors (Lipinski definition) is 30. The van der Waals surface area contributed by atoms with Crippen LogP contribution in [0.3, 0.4) is 0 Å². The number of hydrogen-bond donors (Lipinski definition) is 0. The van der Waals surface area contributed by atoms with E-state index in [1.54, 1.807) is 0 Å². The Labute approximate surface area is 352 Å². The quantitative estimate of drug-likeness (QED) is 0.161. The molecule has 0 atom stereocenters. The summed E-state index contributed by atoms with van der Waals surface area (Å²) in [6.45, 7) is 0. The maximum atomic E-state index is 8.49. The standard InChI is InChI=1S/2C6H12S3.6ClHO4.4H2O.Pd/c2*1-2-8-5-6-9-4-3-7-1;6*2-1(3,4)5;;;;;/h2*1-6H2;6*(H,2,3,4,5);4*1H2;/q;;;;;;;;;;;;+2/p-2. The van der Waals surface area contributed by atoms with Gasteiger partial charge in [0.05, 0.1) is 0 Å². The van der Waals surface area contributed by atoms with Crippen molar-refractivity contribution in [2.24, 2.45) is 0 Å². The summed E-state index contributed by atoms with van der Waals surface area (Å²) >= 11 is 12.6. The summed E-state index contributed by atoms with van der Waals surface area (Å²) in [5.41, 5.74) is 0. The van der Waals surface area contributed by atoms with Gasteiger partial charge in [-0.2, -0.15) is 70.6 Å². The van der Waals surface area contributed by atoms with E-state index in [1.165, 1.54) is 69.0 Å². The molecule has 41 heteroatoms. The molecule has 0 aliphatic carbocycles. The van der Waals surface area contributed by atoms with Crippen LogP contribution < -0.4 is 112 Å². The zero-order chi connectivity index (χ0) is 39.7. The molecule has 0 aromatic heterocycles. The van der Waals surface area contributed by atoms with Gasteiger partial charge in [-0.05, 0) is 0 Å². The van der Waals surface area contributed by atoms with Gasteiger partial charge in [0.25, 0.3) is 0 Å². The Morgan fingerprint density at radius 1 is 0.189 bits per heavy atom. The van der Waals surface area contributed by atoms with Crippen molar-refractivity contribution in [3.63, 3.8) is 0 Å². The van der Waals surface area contributed by atoms with Crippen LogP contribution in [0.4, 0.5) is 0 Å². The molecular formula is C12H36Cl6O28PdS6. The molecule has 0 spiro atoms. The third-order valence-corrected chi connectivity index (χ3v) is 9.70. The summed E-state index contributed by atoms with van der Waals surface area (Å²) in [5.74, 6) is 16.4. The fourth-order valence-corrected chi connectivity index (χ4v) is 8.20. The van der Waals surface area contributed by atoms with Crippen molar-refractivity contribution in [2.45, 2.75) is 0 Å². The summed E-state index contributed by atoms with van der Waals surface area (Å²) in [4.78, 5) is 0. The second-order valence-electron chi connectivity index (χ2n) is 5.94. The van der Waals surface area contributed by atoms with Crippen molar-refractivity contribution in [2.75, 3.05) is 69.0 Å². The van der Waals surface area contributed by atoms with Gasteiger partial charge in [0.2, 0.25) is 0 Å². The van der Waals surface area contributed by atoms with Gasteiger partial charge < -0.3 is 21.9 Å². The van der Waals surface area contributed by atoms with Crippen LogP contribution >= 0.6 is 70.6 Å². The molecule has 2 fully saturated rings. The Morgan fingerprint density at radius 3 is 0.264 bits per heavy atom. The van der Waals surface area contributed by atoms with Crippen LogP contribution in [-0.2, 0) is 42.3 Å². The van der Waals surface area contributed by atoms with Crippen LogP contribution in [0.25, 0.3) is 0 Å². The number of halogens is 6. The minimum atomic E-state index is -4.94. The minimum absolute atomic E-state index is 0. The molecule has 2 heterocycles. The largest absolute Gasteiger partial charge is 2.00 e. The first-order valence-corrected chi connectivity index (χ1v) is 24.5. The Morgan fingerprint density at radius 2 is 0.226 bits per heavy atom. The molecule has 0 radical (unpaired) electrons. The van der Waals surface area contributed by atoms with E-state index in [9.17, 15) is 0 Å². The topological polar surface area (TPSA) is 685 Å². The first-order chi connectivity index (χ1) is 21.0. The van der Waals surface area contributed by atoms with E-state index in [0.717, 1.165) is 0 Å². The molecule has 0 aromatic rings. The van der Waals surface area contributed by atoms with Crippen LogP contribution in [-0.4, -0.2) is 69.0 Å². The van der Waals surface area contributed by atoms with Gasteiger partial charge >= 0.3 is 20.4 Å². The monoisotopic (exact) mass is 1140 g/mol. The van der Waals surface area contributed by atoms with Crippen molar-refractivity contribution in [1.82, 2.24) is 0 Å². The molecule has 2 aliphatic heterocycles.